The van der Waals surface area contributed by atoms with Crippen LogP contribution < -0.4 is 21.7 Å². The molecule has 36 heavy (non-hydrogen) atoms. The zero-order chi connectivity index (χ0) is 26.4. The summed E-state index contributed by atoms with van der Waals surface area (Å²) in [7, 11) is 0. The van der Waals surface area contributed by atoms with E-state index < -0.39 is 0 Å². The van der Waals surface area contributed by atoms with Crippen LogP contribution in [0.2, 0.25) is 0 Å². The number of amides is 4. The Bertz CT molecular complexity index is 998. The molecule has 0 aromatic heterocycles. The van der Waals surface area contributed by atoms with Crippen molar-refractivity contribution in [2.75, 3.05) is 0 Å². The molecule has 0 bridgehead atoms. The van der Waals surface area contributed by atoms with Crippen LogP contribution in [-0.4, -0.2) is 23.6 Å². The van der Waals surface area contributed by atoms with E-state index in [4.69, 9.17) is 0 Å². The van der Waals surface area contributed by atoms with Crippen molar-refractivity contribution in [1.82, 2.24) is 21.7 Å². The minimum absolute atomic E-state index is 0.0135. The third-order valence-electron chi connectivity index (χ3n) is 5.74. The Labute approximate surface area is 213 Å². The van der Waals surface area contributed by atoms with Gasteiger partial charge >= 0.3 is 0 Å². The summed E-state index contributed by atoms with van der Waals surface area (Å²) in [6.07, 6.45) is 5.87. The minimum atomic E-state index is -0.345. The molecule has 0 aliphatic heterocycles. The molecule has 2 aromatic rings. The summed E-state index contributed by atoms with van der Waals surface area (Å²) in [4.78, 5) is 47.9. The van der Waals surface area contributed by atoms with Gasteiger partial charge in [-0.1, -0.05) is 76.8 Å². The molecule has 0 atom stereocenters. The Morgan fingerprint density at radius 2 is 0.972 bits per heavy atom. The minimum Gasteiger partial charge on any atom is -0.273 e. The SMILES string of the molecule is CC(C)(C)c1ccc(C(=O)NNC(=O)CCCCCCCCC(=O)NNC(=O)c2ccccc2)cc1. The lowest BCUT2D eigenvalue weighted by Gasteiger charge is -2.19. The Morgan fingerprint density at radius 1 is 0.556 bits per heavy atom. The highest BCUT2D eigenvalue weighted by atomic mass is 16.2. The molecule has 4 N–H and O–H groups in total. The van der Waals surface area contributed by atoms with E-state index in [9.17, 15) is 19.2 Å². The Hall–Kier alpha value is -3.68. The molecule has 4 amide bonds. The van der Waals surface area contributed by atoms with Gasteiger partial charge < -0.3 is 0 Å². The number of benzene rings is 2. The molecule has 2 rings (SSSR count). The number of unbranched alkanes of at least 4 members (excludes halogenated alkanes) is 5. The average Bonchev–Trinajstić information content (AvgIpc) is 2.87. The first-order chi connectivity index (χ1) is 17.2. The predicted molar refractivity (Wildman–Crippen MR) is 140 cm³/mol. The smallest absolute Gasteiger partial charge is 0.269 e. The van der Waals surface area contributed by atoms with Crippen LogP contribution in [0.1, 0.15) is 98.4 Å². The van der Waals surface area contributed by atoms with E-state index in [0.717, 1.165) is 44.1 Å². The predicted octanol–water partition coefficient (Wildman–Crippen LogP) is 4.33. The third kappa shape index (κ3) is 10.7. The molecule has 0 saturated heterocycles. The zero-order valence-corrected chi connectivity index (χ0v) is 21.5. The summed E-state index contributed by atoms with van der Waals surface area (Å²) in [6.45, 7) is 6.33. The topological polar surface area (TPSA) is 116 Å². The Morgan fingerprint density at radius 3 is 1.42 bits per heavy atom. The van der Waals surface area contributed by atoms with Gasteiger partial charge in [-0.15, -0.1) is 0 Å². The second-order valence-corrected chi connectivity index (χ2v) is 9.82. The van der Waals surface area contributed by atoms with Gasteiger partial charge in [-0.3, -0.25) is 40.9 Å². The Kier molecular flexibility index (Phi) is 11.6. The fourth-order valence-electron chi connectivity index (χ4n) is 3.51. The summed E-state index contributed by atoms with van der Waals surface area (Å²) >= 11 is 0. The monoisotopic (exact) mass is 494 g/mol. The van der Waals surface area contributed by atoms with Crippen molar-refractivity contribution in [2.45, 2.75) is 77.6 Å². The maximum atomic E-state index is 12.2. The molecule has 0 spiro atoms. The number of nitrogens with one attached hydrogen (secondary N) is 4. The zero-order valence-electron chi connectivity index (χ0n) is 21.5. The van der Waals surface area contributed by atoms with Crippen molar-refractivity contribution >= 4 is 23.6 Å². The third-order valence-corrected chi connectivity index (χ3v) is 5.74. The van der Waals surface area contributed by atoms with E-state index >= 15 is 0 Å². The van der Waals surface area contributed by atoms with Gasteiger partial charge in [-0.2, -0.15) is 0 Å². The van der Waals surface area contributed by atoms with Gasteiger partial charge in [0.05, 0.1) is 0 Å². The van der Waals surface area contributed by atoms with Crippen LogP contribution in [0, 0.1) is 0 Å². The van der Waals surface area contributed by atoms with Gasteiger partial charge in [0.15, 0.2) is 0 Å². The summed E-state index contributed by atoms with van der Waals surface area (Å²) in [5.41, 5.74) is 11.9. The van der Waals surface area contributed by atoms with Crippen molar-refractivity contribution in [3.63, 3.8) is 0 Å². The molecule has 0 saturated carbocycles. The number of hydrogen-bond acceptors (Lipinski definition) is 4. The van der Waals surface area contributed by atoms with Gasteiger partial charge in [0.2, 0.25) is 11.8 Å². The van der Waals surface area contributed by atoms with Gasteiger partial charge in [-0.25, -0.2) is 0 Å². The molecule has 0 fully saturated rings. The standard InChI is InChI=1S/C28H38N4O4/c1-28(2,3)23-19-17-22(18-20-23)27(36)32-30-25(34)16-12-7-5-4-6-11-15-24(33)29-31-26(35)21-13-9-8-10-14-21/h8-10,13-14,17-20H,4-7,11-12,15-16H2,1-3H3,(H,29,33)(H,30,34)(H,31,35)(H,32,36). The van der Waals surface area contributed by atoms with Gasteiger partial charge in [0, 0.05) is 24.0 Å². The van der Waals surface area contributed by atoms with Gasteiger partial charge in [-0.05, 0) is 48.1 Å². The van der Waals surface area contributed by atoms with Crippen LogP contribution >= 0.6 is 0 Å². The second kappa shape index (κ2) is 14.7. The van der Waals surface area contributed by atoms with Crippen LogP contribution in [0.5, 0.6) is 0 Å². The summed E-state index contributed by atoms with van der Waals surface area (Å²) < 4.78 is 0. The quantitative estimate of drug-likeness (QED) is 0.275. The summed E-state index contributed by atoms with van der Waals surface area (Å²) in [5.74, 6) is -1.12. The van der Waals surface area contributed by atoms with Crippen molar-refractivity contribution in [2.24, 2.45) is 0 Å². The summed E-state index contributed by atoms with van der Waals surface area (Å²) in [6, 6.07) is 16.0. The largest absolute Gasteiger partial charge is 0.273 e. The van der Waals surface area contributed by atoms with Crippen LogP contribution in [-0.2, 0) is 15.0 Å². The van der Waals surface area contributed by atoms with E-state index in [2.05, 4.69) is 42.5 Å². The fourth-order valence-corrected chi connectivity index (χ4v) is 3.51. The van der Waals surface area contributed by atoms with Gasteiger partial charge in [0.1, 0.15) is 0 Å². The molecule has 194 valence electrons. The van der Waals surface area contributed by atoms with Crippen LogP contribution in [0.3, 0.4) is 0 Å². The normalized spacial score (nSPS) is 10.9. The summed E-state index contributed by atoms with van der Waals surface area (Å²) in [5, 5.41) is 0. The number of hydrogen-bond donors (Lipinski definition) is 4. The molecular formula is C28H38N4O4. The highest BCUT2D eigenvalue weighted by Crippen LogP contribution is 2.22. The van der Waals surface area contributed by atoms with E-state index in [1.807, 2.05) is 18.2 Å². The molecule has 0 aliphatic carbocycles. The van der Waals surface area contributed by atoms with Gasteiger partial charge in [0.25, 0.3) is 11.8 Å². The number of rotatable bonds is 11. The first kappa shape index (κ1) is 28.6. The first-order valence-corrected chi connectivity index (χ1v) is 12.5. The molecule has 0 heterocycles. The molecule has 8 nitrogen and oxygen atoms in total. The number of carbonyl (C=O) groups excluding carboxylic acids is 4. The van der Waals surface area contributed by atoms with Crippen molar-refractivity contribution in [3.05, 3.63) is 71.3 Å². The number of hydrazine groups is 2. The van der Waals surface area contributed by atoms with Crippen LogP contribution in [0.4, 0.5) is 0 Å². The van der Waals surface area contributed by atoms with E-state index in [-0.39, 0.29) is 29.0 Å². The van der Waals surface area contributed by atoms with Crippen molar-refractivity contribution in [3.8, 4) is 0 Å². The molecule has 0 unspecified atom stereocenters. The fraction of sp³-hybridized carbons (Fsp3) is 0.429. The second-order valence-electron chi connectivity index (χ2n) is 9.82. The highest BCUT2D eigenvalue weighted by Gasteiger charge is 2.14. The van der Waals surface area contributed by atoms with E-state index in [1.165, 1.54) is 0 Å². The number of carbonyl (C=O) groups is 4. The molecule has 0 aliphatic rings. The van der Waals surface area contributed by atoms with Crippen molar-refractivity contribution in [1.29, 1.82) is 0 Å². The lowest BCUT2D eigenvalue weighted by molar-refractivity contribution is -0.122. The lowest BCUT2D eigenvalue weighted by Crippen LogP contribution is -2.41. The van der Waals surface area contributed by atoms with E-state index in [1.54, 1.807) is 36.4 Å². The highest BCUT2D eigenvalue weighted by molar-refractivity contribution is 5.96. The first-order valence-electron chi connectivity index (χ1n) is 12.5. The average molecular weight is 495 g/mol. The molecular weight excluding hydrogens is 456 g/mol. The van der Waals surface area contributed by atoms with Crippen molar-refractivity contribution < 1.29 is 19.2 Å². The molecule has 2 aromatic carbocycles. The molecule has 8 heteroatoms. The van der Waals surface area contributed by atoms with Crippen LogP contribution in [0.25, 0.3) is 0 Å². The lowest BCUT2D eigenvalue weighted by atomic mass is 9.87. The van der Waals surface area contributed by atoms with Crippen LogP contribution in [0.15, 0.2) is 54.6 Å². The van der Waals surface area contributed by atoms with E-state index in [0.29, 0.717) is 24.0 Å². The maximum absolute atomic E-state index is 12.2. The maximum Gasteiger partial charge on any atom is 0.269 e. The molecule has 0 radical (unpaired) electrons. The Balaban J connectivity index is 1.47.